The molecule has 0 aromatic heterocycles. The van der Waals surface area contributed by atoms with Gasteiger partial charge in [-0.3, -0.25) is 4.79 Å². The first-order valence-corrected chi connectivity index (χ1v) is 8.21. The lowest BCUT2D eigenvalue weighted by molar-refractivity contribution is -0.138. The van der Waals surface area contributed by atoms with E-state index in [2.05, 4.69) is 15.9 Å². The van der Waals surface area contributed by atoms with E-state index in [1.807, 2.05) is 17.0 Å². The fraction of sp³-hybridized carbons (Fsp3) is 0.562. The van der Waals surface area contributed by atoms with Gasteiger partial charge in [0, 0.05) is 23.1 Å². The van der Waals surface area contributed by atoms with Crippen LogP contribution in [0.1, 0.15) is 44.8 Å². The van der Waals surface area contributed by atoms with Gasteiger partial charge in [0.15, 0.2) is 6.10 Å². The van der Waals surface area contributed by atoms with Crippen LogP contribution < -0.4 is 4.74 Å². The molecule has 2 rings (SSSR count). The molecule has 1 amide bonds. The maximum absolute atomic E-state index is 12.4. The van der Waals surface area contributed by atoms with Crippen molar-refractivity contribution in [1.82, 2.24) is 4.90 Å². The Hall–Kier alpha value is -1.07. The van der Waals surface area contributed by atoms with E-state index < -0.39 is 12.2 Å². The van der Waals surface area contributed by atoms with Gasteiger partial charge in [0.05, 0.1) is 6.10 Å². The van der Waals surface area contributed by atoms with E-state index in [1.165, 1.54) is 6.42 Å². The summed E-state index contributed by atoms with van der Waals surface area (Å²) in [6, 6.07) is 5.45. The molecule has 1 heterocycles. The Morgan fingerprint density at radius 1 is 1.29 bits per heavy atom. The molecule has 0 radical (unpaired) electrons. The lowest BCUT2D eigenvalue weighted by Crippen LogP contribution is -2.43. The molecular formula is C16H22BrNO3. The van der Waals surface area contributed by atoms with Gasteiger partial charge in [0.1, 0.15) is 5.75 Å². The maximum atomic E-state index is 12.4. The minimum Gasteiger partial charge on any atom is -0.481 e. The van der Waals surface area contributed by atoms with E-state index in [4.69, 9.17) is 4.74 Å². The first kappa shape index (κ1) is 16.3. The number of likely N-dealkylation sites (tertiary alicyclic amines) is 1. The summed E-state index contributed by atoms with van der Waals surface area (Å²) in [5.41, 5.74) is 0.683. The molecule has 2 atom stereocenters. The van der Waals surface area contributed by atoms with Crippen molar-refractivity contribution >= 4 is 21.8 Å². The molecule has 1 N–H and O–H groups in total. The summed E-state index contributed by atoms with van der Waals surface area (Å²) < 4.78 is 6.68. The summed E-state index contributed by atoms with van der Waals surface area (Å²) in [5, 5.41) is 9.83. The number of carbonyl (C=O) groups excluding carboxylic acids is 1. The molecule has 1 aromatic carbocycles. The van der Waals surface area contributed by atoms with Gasteiger partial charge in [-0.05, 0) is 51.3 Å². The summed E-state index contributed by atoms with van der Waals surface area (Å²) in [7, 11) is 0. The van der Waals surface area contributed by atoms with Gasteiger partial charge >= 0.3 is 0 Å². The number of hydrogen-bond donors (Lipinski definition) is 1. The summed E-state index contributed by atoms with van der Waals surface area (Å²) in [6.45, 7) is 5.09. The Kier molecular flexibility index (Phi) is 5.65. The smallest absolute Gasteiger partial charge is 0.263 e. The van der Waals surface area contributed by atoms with Gasteiger partial charge in [-0.15, -0.1) is 0 Å². The van der Waals surface area contributed by atoms with Crippen LogP contribution >= 0.6 is 15.9 Å². The molecule has 4 nitrogen and oxygen atoms in total. The summed E-state index contributed by atoms with van der Waals surface area (Å²) in [4.78, 5) is 14.2. The van der Waals surface area contributed by atoms with Crippen molar-refractivity contribution in [1.29, 1.82) is 0 Å². The van der Waals surface area contributed by atoms with Crippen LogP contribution in [-0.2, 0) is 4.79 Å². The zero-order chi connectivity index (χ0) is 15.4. The molecule has 1 fully saturated rings. The minimum atomic E-state index is -0.644. The van der Waals surface area contributed by atoms with E-state index in [0.717, 1.165) is 30.4 Å². The zero-order valence-corrected chi connectivity index (χ0v) is 14.1. The van der Waals surface area contributed by atoms with Gasteiger partial charge in [-0.1, -0.05) is 15.9 Å². The number of benzene rings is 1. The highest BCUT2D eigenvalue weighted by molar-refractivity contribution is 9.10. The zero-order valence-electron chi connectivity index (χ0n) is 12.5. The predicted octanol–water partition coefficient (Wildman–Crippen LogP) is 3.28. The maximum Gasteiger partial charge on any atom is 0.263 e. The van der Waals surface area contributed by atoms with Crippen molar-refractivity contribution < 1.29 is 14.6 Å². The molecule has 5 heteroatoms. The number of aliphatic hydroxyl groups excluding tert-OH is 1. The Morgan fingerprint density at radius 3 is 2.57 bits per heavy atom. The monoisotopic (exact) mass is 355 g/mol. The number of piperidine rings is 1. The second kappa shape index (κ2) is 7.27. The van der Waals surface area contributed by atoms with Crippen molar-refractivity contribution in [3.8, 4) is 5.75 Å². The number of ether oxygens (including phenoxy) is 1. The number of rotatable bonds is 4. The molecule has 21 heavy (non-hydrogen) atoms. The van der Waals surface area contributed by atoms with Crippen molar-refractivity contribution in [2.45, 2.75) is 45.3 Å². The Morgan fingerprint density at radius 2 is 1.95 bits per heavy atom. The molecule has 2 unspecified atom stereocenters. The number of halogens is 1. The van der Waals surface area contributed by atoms with Gasteiger partial charge < -0.3 is 14.7 Å². The number of hydrogen-bond acceptors (Lipinski definition) is 3. The van der Waals surface area contributed by atoms with Crippen LogP contribution in [0, 0.1) is 0 Å². The molecule has 1 aromatic rings. The summed E-state index contributed by atoms with van der Waals surface area (Å²) in [6.07, 6.45) is 2.14. The van der Waals surface area contributed by atoms with E-state index in [-0.39, 0.29) is 5.91 Å². The average molecular weight is 356 g/mol. The van der Waals surface area contributed by atoms with Crippen LogP contribution in [0.4, 0.5) is 0 Å². The lowest BCUT2D eigenvalue weighted by Gasteiger charge is -2.29. The molecule has 1 aliphatic rings. The van der Waals surface area contributed by atoms with Crippen LogP contribution in [0.25, 0.3) is 0 Å². The second-order valence-electron chi connectivity index (χ2n) is 5.50. The van der Waals surface area contributed by atoms with Gasteiger partial charge in [0.2, 0.25) is 0 Å². The van der Waals surface area contributed by atoms with Crippen molar-refractivity contribution in [2.24, 2.45) is 0 Å². The minimum absolute atomic E-state index is 0.0224. The quantitative estimate of drug-likeness (QED) is 0.901. The molecular weight excluding hydrogens is 334 g/mol. The van der Waals surface area contributed by atoms with Crippen molar-refractivity contribution in [3.63, 3.8) is 0 Å². The number of amides is 1. The molecule has 0 bridgehead atoms. The molecule has 0 aliphatic carbocycles. The van der Waals surface area contributed by atoms with E-state index in [1.54, 1.807) is 19.9 Å². The van der Waals surface area contributed by atoms with E-state index in [0.29, 0.717) is 11.3 Å². The predicted molar refractivity (Wildman–Crippen MR) is 85.3 cm³/mol. The highest BCUT2D eigenvalue weighted by atomic mass is 79.9. The summed E-state index contributed by atoms with van der Waals surface area (Å²) >= 11 is 3.38. The topological polar surface area (TPSA) is 49.8 Å². The standard InChI is InChI=1S/C16H22BrNO3/c1-11(19)14-10-13(17)6-7-15(14)21-12(2)16(20)18-8-4-3-5-9-18/h6-7,10-12,19H,3-5,8-9H2,1-2H3. The largest absolute Gasteiger partial charge is 0.481 e. The number of nitrogens with zero attached hydrogens (tertiary/aromatic N) is 1. The van der Waals surface area contributed by atoms with Crippen molar-refractivity contribution in [3.05, 3.63) is 28.2 Å². The van der Waals surface area contributed by atoms with E-state index in [9.17, 15) is 9.90 Å². The summed E-state index contributed by atoms with van der Waals surface area (Å²) in [5.74, 6) is 0.584. The van der Waals surface area contributed by atoms with E-state index >= 15 is 0 Å². The average Bonchev–Trinajstić information content (AvgIpc) is 2.49. The second-order valence-corrected chi connectivity index (χ2v) is 6.42. The Balaban J connectivity index is 2.08. The first-order chi connectivity index (χ1) is 9.99. The van der Waals surface area contributed by atoms with Crippen molar-refractivity contribution in [2.75, 3.05) is 13.1 Å². The van der Waals surface area contributed by atoms with Gasteiger partial charge in [-0.25, -0.2) is 0 Å². The van der Waals surface area contributed by atoms with Crippen LogP contribution in [-0.4, -0.2) is 35.1 Å². The fourth-order valence-corrected chi connectivity index (χ4v) is 2.94. The fourth-order valence-electron chi connectivity index (χ4n) is 2.57. The molecule has 1 aliphatic heterocycles. The van der Waals surface area contributed by atoms with Crippen LogP contribution in [0.3, 0.4) is 0 Å². The Labute approximate surface area is 134 Å². The molecule has 116 valence electrons. The van der Waals surface area contributed by atoms with Crippen LogP contribution in [0.15, 0.2) is 22.7 Å². The molecule has 1 saturated heterocycles. The normalized spacial score (nSPS) is 18.2. The third kappa shape index (κ3) is 4.20. The number of carbonyl (C=O) groups is 1. The highest BCUT2D eigenvalue weighted by Crippen LogP contribution is 2.29. The van der Waals surface area contributed by atoms with Gasteiger partial charge in [-0.2, -0.15) is 0 Å². The first-order valence-electron chi connectivity index (χ1n) is 7.42. The third-order valence-electron chi connectivity index (χ3n) is 3.74. The highest BCUT2D eigenvalue weighted by Gasteiger charge is 2.24. The molecule has 0 spiro atoms. The van der Waals surface area contributed by atoms with Gasteiger partial charge in [0.25, 0.3) is 5.91 Å². The van der Waals surface area contributed by atoms with Crippen LogP contribution in [0.2, 0.25) is 0 Å². The number of aliphatic hydroxyl groups is 1. The van der Waals surface area contributed by atoms with Crippen LogP contribution in [0.5, 0.6) is 5.75 Å². The third-order valence-corrected chi connectivity index (χ3v) is 4.23. The Bertz CT molecular complexity index is 498. The SMILES string of the molecule is CC(Oc1ccc(Br)cc1C(C)O)C(=O)N1CCCCC1. The molecule has 0 saturated carbocycles. The lowest BCUT2D eigenvalue weighted by atomic mass is 10.1.